The smallest absolute Gasteiger partial charge is 0.392 e. The first kappa shape index (κ1) is 32.2. The van der Waals surface area contributed by atoms with E-state index in [0.717, 1.165) is 43.5 Å². The van der Waals surface area contributed by atoms with E-state index < -0.39 is 47.9 Å². The van der Waals surface area contributed by atoms with Crippen molar-refractivity contribution < 1.29 is 32.3 Å². The molecule has 1 aliphatic heterocycles. The van der Waals surface area contributed by atoms with Gasteiger partial charge in [-0.1, -0.05) is 61.4 Å². The Kier molecular flexibility index (Phi) is 9.05. The number of aryl methyl sites for hydroxylation is 1. The van der Waals surface area contributed by atoms with Crippen LogP contribution in [0.4, 0.5) is 34.6 Å². The van der Waals surface area contributed by atoms with Crippen LogP contribution in [0.1, 0.15) is 69.9 Å². The van der Waals surface area contributed by atoms with Crippen LogP contribution in [-0.2, 0) is 24.0 Å². The van der Waals surface area contributed by atoms with Crippen LogP contribution in [0.3, 0.4) is 0 Å². The van der Waals surface area contributed by atoms with E-state index in [4.69, 9.17) is 0 Å². The Morgan fingerprint density at radius 2 is 1.62 bits per heavy atom. The number of carbonyl (C=O) groups excluding carboxylic acids is 2. The minimum Gasteiger partial charge on any atom is -0.392 e. The van der Waals surface area contributed by atoms with Gasteiger partial charge in [0.15, 0.2) is 0 Å². The van der Waals surface area contributed by atoms with Crippen molar-refractivity contribution in [2.75, 3.05) is 15.5 Å². The Hall–Kier alpha value is -4.70. The van der Waals surface area contributed by atoms with Gasteiger partial charge in [-0.15, -0.1) is 0 Å². The maximum atomic E-state index is 15.3. The molecule has 0 unspecified atom stereocenters. The zero-order chi connectivity index (χ0) is 33.3. The monoisotopic (exact) mass is 645 g/mol. The highest BCUT2D eigenvalue weighted by Gasteiger charge is 2.43. The Morgan fingerprint density at radius 3 is 2.30 bits per heavy atom. The molecule has 0 spiro atoms. The Morgan fingerprint density at radius 1 is 0.915 bits per heavy atom. The number of carbonyl (C=O) groups is 2. The fraction of sp³-hybridized carbons (Fsp3) is 0.297. The minimum atomic E-state index is -4.75. The fourth-order valence-electron chi connectivity index (χ4n) is 6.85. The lowest BCUT2D eigenvalue weighted by Gasteiger charge is -2.42. The average Bonchev–Trinajstić information content (AvgIpc) is 3.56. The first-order valence-electron chi connectivity index (χ1n) is 15.7. The summed E-state index contributed by atoms with van der Waals surface area (Å²) in [5, 5.41) is 15.6. The molecule has 6 nitrogen and oxygen atoms in total. The van der Waals surface area contributed by atoms with Gasteiger partial charge in [0, 0.05) is 23.1 Å². The SMILES string of the molecule is Cc1cccc(F)c1C(=O)N1c2ccccc2C[C@@H](C(=O)Nc2ccc(CO)c(C(F)(F)F)c2)[C@H]1c1ccc(NC2CCCC2)cc1. The average molecular weight is 646 g/mol. The van der Waals surface area contributed by atoms with E-state index in [1.807, 2.05) is 24.3 Å². The molecule has 2 aliphatic rings. The standard InChI is InChI=1S/C37H35F4N3O3/c1-22-7-6-11-31(38)33(22)36(47)44-32-12-5-2-8-24(32)19-29(34(44)23-13-16-27(17-14-23)42-26-9-3-4-10-26)35(46)43-28-18-15-25(21-45)30(20-28)37(39,40)41/h2,5-8,11-18,20,26,29,34,42,45H,3-4,9-10,19,21H2,1H3,(H,43,46)/t29-,34-/m1/s1. The van der Waals surface area contributed by atoms with Gasteiger partial charge in [-0.3, -0.25) is 14.5 Å². The number of hydrogen-bond acceptors (Lipinski definition) is 4. The van der Waals surface area contributed by atoms with Crippen LogP contribution >= 0.6 is 0 Å². The molecule has 1 heterocycles. The number of para-hydroxylation sites is 1. The van der Waals surface area contributed by atoms with Gasteiger partial charge < -0.3 is 15.7 Å². The molecule has 4 aromatic carbocycles. The molecule has 2 amide bonds. The molecule has 244 valence electrons. The third kappa shape index (κ3) is 6.60. The van der Waals surface area contributed by atoms with Gasteiger partial charge in [0.05, 0.1) is 29.7 Å². The van der Waals surface area contributed by atoms with Gasteiger partial charge in [-0.05, 0) is 84.8 Å². The highest BCUT2D eigenvalue weighted by Crippen LogP contribution is 2.44. The number of halogens is 4. The highest BCUT2D eigenvalue weighted by molar-refractivity contribution is 6.09. The number of alkyl halides is 3. The molecule has 0 aromatic heterocycles. The Bertz CT molecular complexity index is 1760. The molecule has 0 radical (unpaired) electrons. The maximum Gasteiger partial charge on any atom is 0.416 e. The van der Waals surface area contributed by atoms with Crippen molar-refractivity contribution in [3.8, 4) is 0 Å². The molecule has 47 heavy (non-hydrogen) atoms. The number of anilines is 3. The van der Waals surface area contributed by atoms with Crippen molar-refractivity contribution in [2.45, 2.75) is 63.9 Å². The predicted molar refractivity (Wildman–Crippen MR) is 173 cm³/mol. The Labute approximate surface area is 270 Å². The highest BCUT2D eigenvalue weighted by atomic mass is 19.4. The number of amides is 2. The summed E-state index contributed by atoms with van der Waals surface area (Å²) in [6.07, 6.45) is -0.108. The van der Waals surface area contributed by atoms with Gasteiger partial charge in [0.2, 0.25) is 5.91 Å². The summed E-state index contributed by atoms with van der Waals surface area (Å²) in [7, 11) is 0. The van der Waals surface area contributed by atoms with E-state index in [1.165, 1.54) is 23.1 Å². The third-order valence-corrected chi connectivity index (χ3v) is 9.17. The van der Waals surface area contributed by atoms with Crippen LogP contribution in [0, 0.1) is 18.7 Å². The summed E-state index contributed by atoms with van der Waals surface area (Å²) >= 11 is 0. The molecule has 0 bridgehead atoms. The van der Waals surface area contributed by atoms with Crippen LogP contribution in [0.5, 0.6) is 0 Å². The molecular formula is C37H35F4N3O3. The van der Waals surface area contributed by atoms with Crippen molar-refractivity contribution in [1.29, 1.82) is 0 Å². The maximum absolute atomic E-state index is 15.3. The number of nitrogens with one attached hydrogen (secondary N) is 2. The molecule has 3 N–H and O–H groups in total. The number of hydrogen-bond donors (Lipinski definition) is 3. The molecule has 1 fully saturated rings. The van der Waals surface area contributed by atoms with Crippen molar-refractivity contribution in [3.63, 3.8) is 0 Å². The second-order valence-electron chi connectivity index (χ2n) is 12.3. The van der Waals surface area contributed by atoms with Gasteiger partial charge in [-0.25, -0.2) is 4.39 Å². The zero-order valence-corrected chi connectivity index (χ0v) is 25.8. The summed E-state index contributed by atoms with van der Waals surface area (Å²) in [5.74, 6) is -2.89. The van der Waals surface area contributed by atoms with Gasteiger partial charge in [-0.2, -0.15) is 13.2 Å². The van der Waals surface area contributed by atoms with E-state index >= 15 is 4.39 Å². The predicted octanol–water partition coefficient (Wildman–Crippen LogP) is 8.20. The number of nitrogens with zero attached hydrogens (tertiary/aromatic N) is 1. The molecule has 6 rings (SSSR count). The first-order chi connectivity index (χ1) is 22.5. The normalized spacial score (nSPS) is 18.1. The van der Waals surface area contributed by atoms with Crippen LogP contribution in [0.2, 0.25) is 0 Å². The lowest BCUT2D eigenvalue weighted by molar-refractivity contribution is -0.138. The van der Waals surface area contributed by atoms with Gasteiger partial charge in [0.1, 0.15) is 5.82 Å². The van der Waals surface area contributed by atoms with Crippen molar-refractivity contribution in [1.82, 2.24) is 0 Å². The summed E-state index contributed by atoms with van der Waals surface area (Å²) in [5.41, 5.74) is 1.53. The minimum absolute atomic E-state index is 0.101. The first-order valence-corrected chi connectivity index (χ1v) is 15.7. The number of aliphatic hydroxyl groups is 1. The number of benzene rings is 4. The Balaban J connectivity index is 1.44. The van der Waals surface area contributed by atoms with Crippen LogP contribution in [-0.4, -0.2) is 23.0 Å². The number of rotatable bonds is 7. The molecule has 1 aliphatic carbocycles. The summed E-state index contributed by atoms with van der Waals surface area (Å²) in [6, 6.07) is 21.6. The molecular weight excluding hydrogens is 610 g/mol. The van der Waals surface area contributed by atoms with Crippen molar-refractivity contribution >= 4 is 28.9 Å². The molecule has 10 heteroatoms. The van der Waals surface area contributed by atoms with Crippen LogP contribution in [0.15, 0.2) is 84.9 Å². The van der Waals surface area contributed by atoms with E-state index in [0.29, 0.717) is 28.4 Å². The molecule has 1 saturated carbocycles. The zero-order valence-electron chi connectivity index (χ0n) is 25.8. The topological polar surface area (TPSA) is 81.7 Å². The molecule has 4 aromatic rings. The summed E-state index contributed by atoms with van der Waals surface area (Å²) < 4.78 is 56.6. The van der Waals surface area contributed by atoms with Crippen molar-refractivity contribution in [3.05, 3.63) is 124 Å². The van der Waals surface area contributed by atoms with Gasteiger partial charge >= 0.3 is 6.18 Å². The summed E-state index contributed by atoms with van der Waals surface area (Å²) in [6.45, 7) is 0.825. The molecule has 2 atom stereocenters. The van der Waals surface area contributed by atoms with E-state index in [9.17, 15) is 27.9 Å². The van der Waals surface area contributed by atoms with Crippen LogP contribution in [0.25, 0.3) is 0 Å². The van der Waals surface area contributed by atoms with Crippen LogP contribution < -0.4 is 15.5 Å². The number of aliphatic hydroxyl groups excluding tert-OH is 1. The molecule has 0 saturated heterocycles. The third-order valence-electron chi connectivity index (χ3n) is 9.17. The lowest BCUT2D eigenvalue weighted by atomic mass is 9.80. The summed E-state index contributed by atoms with van der Waals surface area (Å²) in [4.78, 5) is 30.0. The second kappa shape index (κ2) is 13.2. The number of fused-ring (bicyclic) bond motifs is 1. The quantitative estimate of drug-likeness (QED) is 0.177. The van der Waals surface area contributed by atoms with E-state index in [1.54, 1.807) is 37.3 Å². The van der Waals surface area contributed by atoms with E-state index in [-0.39, 0.29) is 23.2 Å². The van der Waals surface area contributed by atoms with E-state index in [2.05, 4.69) is 10.6 Å². The van der Waals surface area contributed by atoms with Crippen molar-refractivity contribution in [2.24, 2.45) is 5.92 Å². The largest absolute Gasteiger partial charge is 0.416 e. The second-order valence-corrected chi connectivity index (χ2v) is 12.3. The van der Waals surface area contributed by atoms with Gasteiger partial charge in [0.25, 0.3) is 5.91 Å². The lowest BCUT2D eigenvalue weighted by Crippen LogP contribution is -2.47. The fourth-order valence-corrected chi connectivity index (χ4v) is 6.85.